The van der Waals surface area contributed by atoms with Crippen LogP contribution in [-0.4, -0.2) is 83.6 Å². The van der Waals surface area contributed by atoms with Crippen LogP contribution in [0.15, 0.2) is 121 Å². The summed E-state index contributed by atoms with van der Waals surface area (Å²) < 4.78 is 35.7. The van der Waals surface area contributed by atoms with Crippen LogP contribution in [0.4, 0.5) is 0 Å². The van der Waals surface area contributed by atoms with Crippen LogP contribution in [0.5, 0.6) is 0 Å². The third-order valence-electron chi connectivity index (χ3n) is 8.00. The van der Waals surface area contributed by atoms with Crippen molar-refractivity contribution in [3.8, 4) is 0 Å². The number of rotatable bonds is 11. The molecule has 4 aromatic carbocycles. The largest absolute Gasteiger partial charge is 0.459 e. The molecule has 7 unspecified atom stereocenters. The van der Waals surface area contributed by atoms with E-state index in [0.717, 1.165) is 0 Å². The monoisotopic (exact) mass is 698 g/mol. The molecular weight excluding hydrogens is 664 g/mol. The van der Waals surface area contributed by atoms with E-state index in [2.05, 4.69) is 0 Å². The summed E-state index contributed by atoms with van der Waals surface area (Å²) in [6, 6.07) is 32.9. The normalized spacial score (nSPS) is 24.5. The van der Waals surface area contributed by atoms with E-state index in [1.54, 1.807) is 121 Å². The molecule has 0 amide bonds. The van der Waals surface area contributed by atoms with Crippen LogP contribution < -0.4 is 0 Å². The molecule has 0 spiro atoms. The predicted molar refractivity (Wildman–Crippen MR) is 180 cm³/mol. The molecule has 0 aromatic heterocycles. The SMILES string of the molecule is O=C(OCC1OC(SC2COC(O)C2)C(OC(=O)c2ccccc2)C(OC(=O)c2ccccc2)C1OC(=O)c1ccccc1)c1ccccc1. The zero-order chi connectivity index (χ0) is 34.9. The summed E-state index contributed by atoms with van der Waals surface area (Å²) in [5, 5.41) is 9.78. The second kappa shape index (κ2) is 16.6. The summed E-state index contributed by atoms with van der Waals surface area (Å²) in [6.45, 7) is -0.250. The van der Waals surface area contributed by atoms with Crippen molar-refractivity contribution in [1.29, 1.82) is 0 Å². The predicted octanol–water partition coefficient (Wildman–Crippen LogP) is 5.09. The Hall–Kier alpha value is -5.01. The van der Waals surface area contributed by atoms with Gasteiger partial charge in [0.05, 0.1) is 28.9 Å². The van der Waals surface area contributed by atoms with E-state index >= 15 is 0 Å². The Balaban J connectivity index is 1.39. The van der Waals surface area contributed by atoms with E-state index in [1.165, 1.54) is 11.8 Å². The minimum Gasteiger partial charge on any atom is -0.459 e. The number of esters is 4. The van der Waals surface area contributed by atoms with Gasteiger partial charge in [0.2, 0.25) is 0 Å². The zero-order valence-electron chi connectivity index (χ0n) is 26.6. The van der Waals surface area contributed by atoms with Gasteiger partial charge in [-0.1, -0.05) is 72.8 Å². The highest BCUT2D eigenvalue weighted by Gasteiger charge is 2.54. The second-order valence-electron chi connectivity index (χ2n) is 11.5. The molecule has 0 aliphatic carbocycles. The maximum atomic E-state index is 13.7. The summed E-state index contributed by atoms with van der Waals surface area (Å²) in [4.78, 5) is 53.9. The summed E-state index contributed by atoms with van der Waals surface area (Å²) in [6.07, 6.45) is -6.15. The number of carbonyl (C=O) groups is 4. The average molecular weight is 699 g/mol. The smallest absolute Gasteiger partial charge is 0.338 e. The van der Waals surface area contributed by atoms with E-state index in [0.29, 0.717) is 0 Å². The van der Waals surface area contributed by atoms with Gasteiger partial charge in [0.15, 0.2) is 24.6 Å². The number of benzene rings is 4. The Morgan fingerprint density at radius 3 is 1.46 bits per heavy atom. The lowest BCUT2D eigenvalue weighted by molar-refractivity contribution is -0.207. The first-order valence-corrected chi connectivity index (χ1v) is 16.9. The van der Waals surface area contributed by atoms with Crippen molar-refractivity contribution < 1.29 is 52.7 Å². The lowest BCUT2D eigenvalue weighted by Gasteiger charge is -2.44. The van der Waals surface area contributed by atoms with Gasteiger partial charge in [0, 0.05) is 11.7 Å². The molecule has 2 saturated heterocycles. The zero-order valence-corrected chi connectivity index (χ0v) is 27.5. The molecular formula is C38H34O11S. The van der Waals surface area contributed by atoms with Crippen molar-refractivity contribution in [3.05, 3.63) is 144 Å². The van der Waals surface area contributed by atoms with Crippen molar-refractivity contribution in [1.82, 2.24) is 0 Å². The van der Waals surface area contributed by atoms with Crippen LogP contribution in [0.3, 0.4) is 0 Å². The van der Waals surface area contributed by atoms with Gasteiger partial charge in [-0.05, 0) is 48.5 Å². The van der Waals surface area contributed by atoms with E-state index in [-0.39, 0.29) is 40.5 Å². The molecule has 6 rings (SSSR count). The summed E-state index contributed by atoms with van der Waals surface area (Å²) in [5.74, 6) is -2.95. The summed E-state index contributed by atoms with van der Waals surface area (Å²) in [7, 11) is 0. The van der Waals surface area contributed by atoms with Crippen molar-refractivity contribution in [2.75, 3.05) is 13.2 Å². The summed E-state index contributed by atoms with van der Waals surface area (Å²) in [5.41, 5.74) is -0.148. The van der Waals surface area contributed by atoms with Crippen LogP contribution >= 0.6 is 11.8 Å². The number of hydrogen-bond donors (Lipinski definition) is 1. The molecule has 2 fully saturated rings. The van der Waals surface area contributed by atoms with Crippen LogP contribution in [-0.2, 0) is 28.4 Å². The lowest BCUT2D eigenvalue weighted by Crippen LogP contribution is -2.62. The van der Waals surface area contributed by atoms with E-state index in [9.17, 15) is 24.3 Å². The average Bonchev–Trinajstić information content (AvgIpc) is 3.58. The Bertz CT molecular complexity index is 1740. The van der Waals surface area contributed by atoms with Gasteiger partial charge in [-0.3, -0.25) is 0 Å². The van der Waals surface area contributed by atoms with Gasteiger partial charge in [-0.15, -0.1) is 11.8 Å². The fraction of sp³-hybridized carbons (Fsp3) is 0.263. The van der Waals surface area contributed by atoms with E-state index in [4.69, 9.17) is 28.4 Å². The second-order valence-corrected chi connectivity index (χ2v) is 12.9. The molecule has 0 saturated carbocycles. The van der Waals surface area contributed by atoms with Crippen LogP contribution in [0.1, 0.15) is 47.9 Å². The minimum atomic E-state index is -1.44. The van der Waals surface area contributed by atoms with Crippen LogP contribution in [0, 0.1) is 0 Å². The molecule has 50 heavy (non-hydrogen) atoms. The topological polar surface area (TPSA) is 144 Å². The minimum absolute atomic E-state index is 0.166. The quantitative estimate of drug-likeness (QED) is 0.165. The number of thioether (sulfide) groups is 1. The Morgan fingerprint density at radius 1 is 0.600 bits per heavy atom. The molecule has 2 heterocycles. The standard InChI is InChI=1S/C38H34O11S/c39-30-21-28(22-44-30)50-38-33(49-37(43)27-19-11-4-12-20-27)32(48-36(42)26-17-9-3-10-18-26)31(47-35(41)25-15-7-2-8-16-25)29(46-38)23-45-34(40)24-13-5-1-6-14-24/h1-20,28-33,38-39H,21-23H2. The highest BCUT2D eigenvalue weighted by Crippen LogP contribution is 2.39. The lowest BCUT2D eigenvalue weighted by atomic mass is 9.98. The molecule has 11 nitrogen and oxygen atoms in total. The molecule has 7 atom stereocenters. The van der Waals surface area contributed by atoms with Crippen molar-refractivity contribution in [2.45, 2.75) is 47.8 Å². The fourth-order valence-electron chi connectivity index (χ4n) is 5.50. The first-order valence-electron chi connectivity index (χ1n) is 16.0. The van der Waals surface area contributed by atoms with Gasteiger partial charge in [-0.25, -0.2) is 19.2 Å². The van der Waals surface area contributed by atoms with Crippen molar-refractivity contribution in [3.63, 3.8) is 0 Å². The van der Waals surface area contributed by atoms with Crippen molar-refractivity contribution >= 4 is 35.6 Å². The Labute approximate surface area is 292 Å². The first kappa shape index (κ1) is 34.8. The fourth-order valence-corrected chi connectivity index (χ4v) is 6.89. The Morgan fingerprint density at radius 2 is 1.02 bits per heavy atom. The number of carbonyl (C=O) groups excluding carboxylic acids is 4. The first-order chi connectivity index (χ1) is 24.4. The maximum absolute atomic E-state index is 13.7. The highest BCUT2D eigenvalue weighted by molar-refractivity contribution is 8.00. The molecule has 2 aliphatic rings. The molecule has 0 bridgehead atoms. The molecule has 258 valence electrons. The maximum Gasteiger partial charge on any atom is 0.338 e. The molecule has 4 aromatic rings. The van der Waals surface area contributed by atoms with Gasteiger partial charge in [0.1, 0.15) is 18.1 Å². The van der Waals surface area contributed by atoms with Gasteiger partial charge < -0.3 is 33.5 Å². The van der Waals surface area contributed by atoms with Crippen molar-refractivity contribution in [2.24, 2.45) is 0 Å². The third kappa shape index (κ3) is 8.77. The highest BCUT2D eigenvalue weighted by atomic mass is 32.2. The van der Waals surface area contributed by atoms with Gasteiger partial charge in [0.25, 0.3) is 0 Å². The molecule has 0 radical (unpaired) electrons. The van der Waals surface area contributed by atoms with Gasteiger partial charge in [-0.2, -0.15) is 0 Å². The number of hydrogen-bond acceptors (Lipinski definition) is 12. The number of ether oxygens (including phenoxy) is 6. The van der Waals surface area contributed by atoms with Crippen LogP contribution in [0.2, 0.25) is 0 Å². The number of aliphatic hydroxyl groups excluding tert-OH is 1. The third-order valence-corrected chi connectivity index (χ3v) is 9.36. The number of aliphatic hydroxyl groups is 1. The molecule has 1 N–H and O–H groups in total. The molecule has 12 heteroatoms. The van der Waals surface area contributed by atoms with E-state index < -0.39 is 66.6 Å². The Kier molecular flexibility index (Phi) is 11.6. The van der Waals surface area contributed by atoms with Gasteiger partial charge >= 0.3 is 23.9 Å². The van der Waals surface area contributed by atoms with Crippen LogP contribution in [0.25, 0.3) is 0 Å². The summed E-state index contributed by atoms with van der Waals surface area (Å²) >= 11 is 1.20. The molecule has 2 aliphatic heterocycles. The van der Waals surface area contributed by atoms with E-state index in [1.807, 2.05) is 0 Å².